The van der Waals surface area contributed by atoms with E-state index in [0.29, 0.717) is 15.3 Å². The number of ether oxygens (including phenoxy) is 1. The van der Waals surface area contributed by atoms with Crippen molar-refractivity contribution in [2.45, 2.75) is 52.4 Å². The van der Waals surface area contributed by atoms with Crippen LogP contribution in [0.15, 0.2) is 53.3 Å². The summed E-state index contributed by atoms with van der Waals surface area (Å²) in [5.74, 6) is 1.43. The first kappa shape index (κ1) is 22.2. The van der Waals surface area contributed by atoms with Crippen LogP contribution in [0.25, 0.3) is 22.4 Å². The standard InChI is InChI=1S/C26H29N3O2S/c1-5-6-7-16-31-21-14-8-18(9-15-21)17-22-24(30)29-25(32-22)27-23(28-29)19-10-12-20(13-11-19)26(2,3)4/h8-15,17H,5-7,16H2,1-4H3/b22-17-. The lowest BCUT2D eigenvalue weighted by molar-refractivity contribution is 0.306. The van der Waals surface area contributed by atoms with E-state index in [-0.39, 0.29) is 11.0 Å². The molecule has 0 aliphatic rings. The number of nitrogens with zero attached hydrogens (tertiary/aromatic N) is 3. The Bertz CT molecular complexity index is 1300. The number of aromatic nitrogens is 3. The molecule has 4 rings (SSSR count). The molecule has 32 heavy (non-hydrogen) atoms. The fourth-order valence-electron chi connectivity index (χ4n) is 3.43. The van der Waals surface area contributed by atoms with Gasteiger partial charge in [-0.2, -0.15) is 9.50 Å². The molecular weight excluding hydrogens is 418 g/mol. The van der Waals surface area contributed by atoms with Crippen molar-refractivity contribution in [2.75, 3.05) is 6.61 Å². The van der Waals surface area contributed by atoms with E-state index < -0.39 is 0 Å². The lowest BCUT2D eigenvalue weighted by atomic mass is 9.87. The summed E-state index contributed by atoms with van der Waals surface area (Å²) in [6.45, 7) is 9.46. The first-order chi connectivity index (χ1) is 15.3. The first-order valence-electron chi connectivity index (χ1n) is 11.1. The number of thiazole rings is 1. The van der Waals surface area contributed by atoms with Crippen LogP contribution in [0, 0.1) is 0 Å². The van der Waals surface area contributed by atoms with Crippen molar-refractivity contribution in [3.63, 3.8) is 0 Å². The van der Waals surface area contributed by atoms with Gasteiger partial charge < -0.3 is 4.74 Å². The monoisotopic (exact) mass is 447 g/mol. The Balaban J connectivity index is 1.54. The lowest BCUT2D eigenvalue weighted by Gasteiger charge is -2.18. The van der Waals surface area contributed by atoms with Crippen molar-refractivity contribution >= 4 is 22.4 Å². The van der Waals surface area contributed by atoms with Crippen LogP contribution in [-0.2, 0) is 5.41 Å². The Kier molecular flexibility index (Phi) is 6.42. The van der Waals surface area contributed by atoms with Gasteiger partial charge in [-0.25, -0.2) is 0 Å². The summed E-state index contributed by atoms with van der Waals surface area (Å²) in [5.41, 5.74) is 3.06. The molecular formula is C26H29N3O2S. The number of rotatable bonds is 7. The second-order valence-corrected chi connectivity index (χ2v) is 10.0. The molecule has 2 aromatic heterocycles. The third-order valence-corrected chi connectivity index (χ3v) is 6.34. The highest BCUT2D eigenvalue weighted by atomic mass is 32.1. The number of unbranched alkanes of at least 4 members (excludes halogenated alkanes) is 2. The molecule has 0 amide bonds. The Morgan fingerprint density at radius 1 is 1.03 bits per heavy atom. The maximum atomic E-state index is 12.8. The third-order valence-electron chi connectivity index (χ3n) is 5.39. The van der Waals surface area contributed by atoms with E-state index in [0.717, 1.165) is 29.9 Å². The molecule has 0 radical (unpaired) electrons. The van der Waals surface area contributed by atoms with Crippen molar-refractivity contribution in [1.82, 2.24) is 14.6 Å². The molecule has 2 heterocycles. The van der Waals surface area contributed by atoms with E-state index in [4.69, 9.17) is 4.74 Å². The maximum Gasteiger partial charge on any atom is 0.291 e. The van der Waals surface area contributed by atoms with Gasteiger partial charge in [0.05, 0.1) is 11.1 Å². The fraction of sp³-hybridized carbons (Fsp3) is 0.346. The zero-order chi connectivity index (χ0) is 22.7. The topological polar surface area (TPSA) is 56.5 Å². The molecule has 0 spiro atoms. The molecule has 4 aromatic rings. The van der Waals surface area contributed by atoms with Crippen LogP contribution < -0.4 is 14.8 Å². The molecule has 0 aliphatic carbocycles. The van der Waals surface area contributed by atoms with Gasteiger partial charge in [-0.3, -0.25) is 4.79 Å². The molecule has 0 N–H and O–H groups in total. The number of fused-ring (bicyclic) bond motifs is 1. The molecule has 0 bridgehead atoms. The van der Waals surface area contributed by atoms with E-state index in [1.165, 1.54) is 34.3 Å². The molecule has 2 aromatic carbocycles. The number of benzene rings is 2. The van der Waals surface area contributed by atoms with Gasteiger partial charge in [-0.15, -0.1) is 5.10 Å². The van der Waals surface area contributed by atoms with Gasteiger partial charge in [0.15, 0.2) is 5.82 Å². The van der Waals surface area contributed by atoms with Crippen molar-refractivity contribution in [3.05, 3.63) is 74.5 Å². The summed E-state index contributed by atoms with van der Waals surface area (Å²) < 4.78 is 7.77. The average Bonchev–Trinajstić information content (AvgIpc) is 3.31. The van der Waals surface area contributed by atoms with Gasteiger partial charge in [0, 0.05) is 5.56 Å². The third kappa shape index (κ3) is 4.91. The van der Waals surface area contributed by atoms with Gasteiger partial charge in [0.1, 0.15) is 5.75 Å². The first-order valence-corrected chi connectivity index (χ1v) is 11.9. The minimum absolute atomic E-state index is 0.0901. The predicted octanol–water partition coefficient (Wildman–Crippen LogP) is 5.23. The van der Waals surface area contributed by atoms with Crippen LogP contribution >= 0.6 is 11.3 Å². The Morgan fingerprint density at radius 2 is 1.75 bits per heavy atom. The summed E-state index contributed by atoms with van der Waals surface area (Å²) in [6, 6.07) is 16.0. The highest BCUT2D eigenvalue weighted by molar-refractivity contribution is 7.15. The molecule has 0 fully saturated rings. The summed E-state index contributed by atoms with van der Waals surface area (Å²) in [5, 5.41) is 4.46. The average molecular weight is 448 g/mol. The zero-order valence-electron chi connectivity index (χ0n) is 19.1. The zero-order valence-corrected chi connectivity index (χ0v) is 19.9. The normalized spacial score (nSPS) is 12.6. The van der Waals surface area contributed by atoms with Gasteiger partial charge in [-0.1, -0.05) is 88.3 Å². The molecule has 0 aliphatic heterocycles. The minimum atomic E-state index is -0.144. The molecule has 0 saturated heterocycles. The molecule has 0 atom stereocenters. The molecule has 6 heteroatoms. The SMILES string of the molecule is CCCCCOc1ccc(/C=c2\sc3nc(-c4ccc(C(C)(C)C)cc4)nn3c2=O)cc1. The summed E-state index contributed by atoms with van der Waals surface area (Å²) in [6.07, 6.45) is 5.30. The van der Waals surface area contributed by atoms with Crippen molar-refractivity contribution in [1.29, 1.82) is 0 Å². The highest BCUT2D eigenvalue weighted by Gasteiger charge is 2.15. The van der Waals surface area contributed by atoms with E-state index in [2.05, 4.69) is 49.9 Å². The Hall–Kier alpha value is -2.99. The van der Waals surface area contributed by atoms with E-state index >= 15 is 0 Å². The van der Waals surface area contributed by atoms with Crippen molar-refractivity contribution < 1.29 is 4.74 Å². The molecule has 0 unspecified atom stereocenters. The van der Waals surface area contributed by atoms with Gasteiger partial charge in [-0.05, 0) is 41.2 Å². The quantitative estimate of drug-likeness (QED) is 0.364. The van der Waals surface area contributed by atoms with Gasteiger partial charge >= 0.3 is 0 Å². The number of hydrogen-bond acceptors (Lipinski definition) is 5. The van der Waals surface area contributed by atoms with E-state index in [9.17, 15) is 4.79 Å². The van der Waals surface area contributed by atoms with Gasteiger partial charge in [0.2, 0.25) is 4.96 Å². The summed E-state index contributed by atoms with van der Waals surface area (Å²) in [7, 11) is 0. The maximum absolute atomic E-state index is 12.8. The Labute approximate surface area is 192 Å². The summed E-state index contributed by atoms with van der Waals surface area (Å²) >= 11 is 1.36. The van der Waals surface area contributed by atoms with Crippen LogP contribution in [-0.4, -0.2) is 21.2 Å². The highest BCUT2D eigenvalue weighted by Crippen LogP contribution is 2.25. The van der Waals surface area contributed by atoms with Gasteiger partial charge in [0.25, 0.3) is 5.56 Å². The van der Waals surface area contributed by atoms with E-state index in [1.54, 1.807) is 0 Å². The minimum Gasteiger partial charge on any atom is -0.494 e. The molecule has 5 nitrogen and oxygen atoms in total. The lowest BCUT2D eigenvalue weighted by Crippen LogP contribution is -2.23. The van der Waals surface area contributed by atoms with Crippen LogP contribution in [0.5, 0.6) is 5.75 Å². The largest absolute Gasteiger partial charge is 0.494 e. The molecule has 0 saturated carbocycles. The predicted molar refractivity (Wildman–Crippen MR) is 132 cm³/mol. The van der Waals surface area contributed by atoms with Crippen molar-refractivity contribution in [3.8, 4) is 17.1 Å². The molecule has 166 valence electrons. The van der Waals surface area contributed by atoms with Crippen LogP contribution in [0.3, 0.4) is 0 Å². The van der Waals surface area contributed by atoms with Crippen molar-refractivity contribution in [2.24, 2.45) is 0 Å². The second-order valence-electron chi connectivity index (χ2n) is 9.00. The van der Waals surface area contributed by atoms with Crippen LogP contribution in [0.1, 0.15) is 58.1 Å². The second kappa shape index (κ2) is 9.25. The summed E-state index contributed by atoms with van der Waals surface area (Å²) in [4.78, 5) is 18.0. The number of hydrogen-bond donors (Lipinski definition) is 0. The fourth-order valence-corrected chi connectivity index (χ4v) is 4.34. The smallest absolute Gasteiger partial charge is 0.291 e. The van der Waals surface area contributed by atoms with Crippen LogP contribution in [0.4, 0.5) is 0 Å². The van der Waals surface area contributed by atoms with Crippen LogP contribution in [0.2, 0.25) is 0 Å². The Morgan fingerprint density at radius 3 is 2.38 bits per heavy atom. The van der Waals surface area contributed by atoms with E-state index in [1.807, 2.05) is 42.5 Å².